The predicted octanol–water partition coefficient (Wildman–Crippen LogP) is 5.13. The number of hydrogen-bond donors (Lipinski definition) is 1. The molecule has 178 valence electrons. The molecule has 8 nitrogen and oxygen atoms in total. The quantitative estimate of drug-likeness (QED) is 0.103. The molecule has 1 aliphatic rings. The summed E-state index contributed by atoms with van der Waals surface area (Å²) in [6.07, 6.45) is -2.38. The van der Waals surface area contributed by atoms with E-state index in [0.29, 0.717) is 25.0 Å². The lowest BCUT2D eigenvalue weighted by Gasteiger charge is -2.43. The van der Waals surface area contributed by atoms with Gasteiger partial charge in [0, 0.05) is 10.8 Å². The molecule has 10 heteroatoms. The molecule has 0 saturated carbocycles. The average molecular weight is 492 g/mol. The molecular formula is C23H29N3O5S2. The zero-order valence-corrected chi connectivity index (χ0v) is 20.1. The number of benzene rings is 2. The van der Waals surface area contributed by atoms with E-state index in [0.717, 1.165) is 11.1 Å². The highest BCUT2D eigenvalue weighted by Gasteiger charge is 2.44. The minimum atomic E-state index is -1.08. The van der Waals surface area contributed by atoms with Gasteiger partial charge in [-0.15, -0.1) is 0 Å². The van der Waals surface area contributed by atoms with Crippen LogP contribution in [-0.4, -0.2) is 48.1 Å². The second kappa shape index (κ2) is 14.5. The average Bonchev–Trinajstić information content (AvgIpc) is 2.84. The van der Waals surface area contributed by atoms with Crippen molar-refractivity contribution in [2.75, 3.05) is 18.4 Å². The third-order valence-corrected chi connectivity index (χ3v) is 6.99. The number of hydrogen-bond acceptors (Lipinski definition) is 8. The Morgan fingerprint density at radius 1 is 0.970 bits per heavy atom. The van der Waals surface area contributed by atoms with E-state index in [1.54, 1.807) is 0 Å². The van der Waals surface area contributed by atoms with Crippen LogP contribution in [0.15, 0.2) is 65.8 Å². The zero-order valence-electron chi connectivity index (χ0n) is 18.4. The predicted molar refractivity (Wildman–Crippen MR) is 130 cm³/mol. The van der Waals surface area contributed by atoms with Gasteiger partial charge < -0.3 is 24.1 Å². The van der Waals surface area contributed by atoms with Gasteiger partial charge in [-0.25, -0.2) is 0 Å². The Labute approximate surface area is 202 Å². The Balaban J connectivity index is 1.59. The first kappa shape index (κ1) is 25.9. The van der Waals surface area contributed by atoms with E-state index in [9.17, 15) is 5.11 Å². The van der Waals surface area contributed by atoms with Gasteiger partial charge in [-0.05, 0) is 16.7 Å². The van der Waals surface area contributed by atoms with Crippen molar-refractivity contribution in [1.29, 1.82) is 0 Å². The number of nitrogens with zero attached hydrogens (tertiary/aromatic N) is 3. The topological polar surface area (TPSA) is 106 Å². The molecule has 1 aliphatic heterocycles. The largest absolute Gasteiger partial charge is 0.370 e. The van der Waals surface area contributed by atoms with Crippen LogP contribution in [0, 0.1) is 5.92 Å². The van der Waals surface area contributed by atoms with Crippen molar-refractivity contribution in [2.24, 2.45) is 11.0 Å². The number of ether oxygens (including phenoxy) is 4. The molecular weight excluding hydrogens is 462 g/mol. The van der Waals surface area contributed by atoms with Gasteiger partial charge in [0.05, 0.1) is 31.8 Å². The van der Waals surface area contributed by atoms with Crippen LogP contribution in [0.2, 0.25) is 0 Å². The highest BCUT2D eigenvalue weighted by Crippen LogP contribution is 2.31. The minimum absolute atomic E-state index is 0.123. The highest BCUT2D eigenvalue weighted by molar-refractivity contribution is 8.76. The van der Waals surface area contributed by atoms with Crippen molar-refractivity contribution in [1.82, 2.24) is 0 Å². The molecule has 2 aromatic carbocycles. The lowest BCUT2D eigenvalue weighted by molar-refractivity contribution is -0.293. The van der Waals surface area contributed by atoms with Crippen molar-refractivity contribution in [3.63, 3.8) is 0 Å². The molecule has 0 spiro atoms. The van der Waals surface area contributed by atoms with Gasteiger partial charge in [0.1, 0.15) is 18.1 Å². The normalized spacial score (nSPS) is 24.8. The molecule has 1 heterocycles. The Morgan fingerprint density at radius 2 is 1.58 bits per heavy atom. The fraction of sp³-hybridized carbons (Fsp3) is 0.478. The molecule has 0 aliphatic carbocycles. The van der Waals surface area contributed by atoms with Gasteiger partial charge in [0.2, 0.25) is 0 Å². The number of azide groups is 1. The van der Waals surface area contributed by atoms with Crippen LogP contribution in [-0.2, 0) is 32.2 Å². The van der Waals surface area contributed by atoms with E-state index in [-0.39, 0.29) is 18.6 Å². The molecule has 3 unspecified atom stereocenters. The monoisotopic (exact) mass is 491 g/mol. The fourth-order valence-corrected chi connectivity index (χ4v) is 4.78. The van der Waals surface area contributed by atoms with Crippen molar-refractivity contribution in [2.45, 2.75) is 44.7 Å². The number of aliphatic hydroxyl groups excluding tert-OH is 1. The van der Waals surface area contributed by atoms with Gasteiger partial charge in [0.15, 0.2) is 6.29 Å². The number of rotatable bonds is 13. The van der Waals surface area contributed by atoms with Crippen molar-refractivity contribution >= 4 is 21.6 Å². The summed E-state index contributed by atoms with van der Waals surface area (Å²) in [5, 5.41) is 14.1. The summed E-state index contributed by atoms with van der Waals surface area (Å²) in [4.78, 5) is 2.71. The maximum Gasteiger partial charge on any atom is 0.182 e. The van der Waals surface area contributed by atoms with Crippen molar-refractivity contribution in [3.8, 4) is 0 Å². The first-order valence-electron chi connectivity index (χ1n) is 10.7. The van der Waals surface area contributed by atoms with E-state index >= 15 is 0 Å². The summed E-state index contributed by atoms with van der Waals surface area (Å²) in [5.41, 5.74) is 10.4. The van der Waals surface area contributed by atoms with Crippen LogP contribution in [0.5, 0.6) is 0 Å². The Kier molecular flexibility index (Phi) is 11.4. The second-order valence-electron chi connectivity index (χ2n) is 7.53. The Hall–Kier alpha value is -1.75. The lowest BCUT2D eigenvalue weighted by atomic mass is 9.90. The molecule has 0 amide bonds. The summed E-state index contributed by atoms with van der Waals surface area (Å²) >= 11 is 0. The van der Waals surface area contributed by atoms with Gasteiger partial charge in [-0.2, -0.15) is 0 Å². The second-order valence-corrected chi connectivity index (χ2v) is 9.91. The zero-order chi connectivity index (χ0) is 23.3. The first-order valence-corrected chi connectivity index (χ1v) is 13.2. The van der Waals surface area contributed by atoms with Gasteiger partial charge >= 0.3 is 0 Å². The molecule has 1 saturated heterocycles. The van der Waals surface area contributed by atoms with E-state index in [1.807, 2.05) is 67.6 Å². The fourth-order valence-electron chi connectivity index (χ4n) is 3.60. The molecule has 2 aromatic rings. The molecule has 0 aromatic heterocycles. The van der Waals surface area contributed by atoms with Crippen molar-refractivity contribution in [3.05, 3.63) is 82.2 Å². The minimum Gasteiger partial charge on any atom is -0.370 e. The van der Waals surface area contributed by atoms with Gasteiger partial charge in [-0.3, -0.25) is 0 Å². The summed E-state index contributed by atoms with van der Waals surface area (Å²) in [5.74, 6) is 0.611. The standard InChI is InChI=1S/C23H29N3O5S2/c1-17-21(29-12-18-8-4-2-5-9-18)20(14-28-16-33-32-15-25-26-24)31-23(27)22(17)30-13-19-10-6-3-7-11-19/h2-11,17,20-23,27H,12-16H2,1H3/t17-,20?,21+,22?,23?/m0/s1. The summed E-state index contributed by atoms with van der Waals surface area (Å²) in [6.45, 7) is 3.08. The summed E-state index contributed by atoms with van der Waals surface area (Å²) in [6, 6.07) is 19.8. The maximum absolute atomic E-state index is 10.7. The third kappa shape index (κ3) is 8.51. The van der Waals surface area contributed by atoms with Crippen LogP contribution < -0.4 is 0 Å². The molecule has 1 fully saturated rings. The molecule has 5 atom stereocenters. The van der Waals surface area contributed by atoms with Gasteiger partial charge in [-0.1, -0.05) is 94.3 Å². The van der Waals surface area contributed by atoms with Crippen LogP contribution >= 0.6 is 21.6 Å². The molecule has 0 bridgehead atoms. The maximum atomic E-state index is 10.7. The van der Waals surface area contributed by atoms with Crippen LogP contribution in [0.4, 0.5) is 0 Å². The third-order valence-electron chi connectivity index (χ3n) is 5.24. The Morgan fingerprint density at radius 3 is 2.18 bits per heavy atom. The highest BCUT2D eigenvalue weighted by atomic mass is 33.1. The van der Waals surface area contributed by atoms with Crippen LogP contribution in [0.1, 0.15) is 18.1 Å². The molecule has 33 heavy (non-hydrogen) atoms. The molecule has 0 radical (unpaired) electrons. The summed E-state index contributed by atoms with van der Waals surface area (Å²) in [7, 11) is 2.86. The van der Waals surface area contributed by atoms with Crippen LogP contribution in [0.3, 0.4) is 0 Å². The lowest BCUT2D eigenvalue weighted by Crippen LogP contribution is -2.56. The molecule has 1 N–H and O–H groups in total. The van der Waals surface area contributed by atoms with Crippen LogP contribution in [0.25, 0.3) is 10.4 Å². The smallest absolute Gasteiger partial charge is 0.182 e. The van der Waals surface area contributed by atoms with Gasteiger partial charge in [0.25, 0.3) is 0 Å². The van der Waals surface area contributed by atoms with Crippen molar-refractivity contribution < 1.29 is 24.1 Å². The number of aliphatic hydroxyl groups is 1. The van der Waals surface area contributed by atoms with E-state index < -0.39 is 18.5 Å². The molecule has 3 rings (SSSR count). The summed E-state index contributed by atoms with van der Waals surface area (Å²) < 4.78 is 24.0. The van der Waals surface area contributed by atoms with E-state index in [2.05, 4.69) is 10.0 Å². The van der Waals surface area contributed by atoms with E-state index in [4.69, 9.17) is 24.5 Å². The Bertz CT molecular complexity index is 858. The van der Waals surface area contributed by atoms with E-state index in [1.165, 1.54) is 21.6 Å². The SMILES string of the molecule is C[C@@H]1C(OCc2ccccc2)C(O)OC(COCSSCN=[N+]=[N-])[C@@H]1OCc1ccccc1. The first-order chi connectivity index (χ1) is 16.2.